The first-order chi connectivity index (χ1) is 24.9. The Hall–Kier alpha value is -4.35. The molecule has 0 atom stereocenters. The van der Waals surface area contributed by atoms with Crippen molar-refractivity contribution in [2.75, 3.05) is 31.6 Å². The summed E-state index contributed by atoms with van der Waals surface area (Å²) >= 11 is 0. The molecule has 2 aliphatic heterocycles. The number of halogens is 1. The number of hydrogen-bond acceptors (Lipinski definition) is 7. The first-order valence-electron chi connectivity index (χ1n) is 18.7. The maximum absolute atomic E-state index is 15.1. The van der Waals surface area contributed by atoms with Crippen LogP contribution in [0.4, 0.5) is 10.1 Å². The maximum Gasteiger partial charge on any atom is 0.235 e. The van der Waals surface area contributed by atoms with Crippen LogP contribution >= 0.6 is 0 Å². The SMILES string of the molecule is CCc1nc2c(cnn2CC)c(NC2CCOCC2)c1CNC(=O)C1(C(=O)NCc2ccc(F)c(-c3cccc(CC4CCNCC4)c3)c2)CC1. The molecule has 3 fully saturated rings. The number of benzene rings is 2. The molecule has 4 aromatic rings. The van der Waals surface area contributed by atoms with Gasteiger partial charge in [0.25, 0.3) is 0 Å². The van der Waals surface area contributed by atoms with Gasteiger partial charge in [-0.3, -0.25) is 9.59 Å². The molecule has 51 heavy (non-hydrogen) atoms. The van der Waals surface area contributed by atoms with Crippen molar-refractivity contribution >= 4 is 28.5 Å². The Labute approximate surface area is 299 Å². The number of carbonyl (C=O) groups is 2. The molecule has 2 saturated heterocycles. The Bertz CT molecular complexity index is 1880. The van der Waals surface area contributed by atoms with Gasteiger partial charge < -0.3 is 26.0 Å². The van der Waals surface area contributed by atoms with Crippen LogP contribution in [0.3, 0.4) is 0 Å². The third-order valence-corrected chi connectivity index (χ3v) is 10.9. The van der Waals surface area contributed by atoms with Crippen molar-refractivity contribution in [3.63, 3.8) is 0 Å². The highest BCUT2D eigenvalue weighted by Gasteiger charge is 2.56. The van der Waals surface area contributed by atoms with E-state index < -0.39 is 5.41 Å². The van der Waals surface area contributed by atoms with Gasteiger partial charge in [0.15, 0.2) is 5.65 Å². The van der Waals surface area contributed by atoms with Crippen molar-refractivity contribution in [1.29, 1.82) is 0 Å². The maximum atomic E-state index is 15.1. The second-order valence-corrected chi connectivity index (χ2v) is 14.4. The van der Waals surface area contributed by atoms with E-state index in [0.29, 0.717) is 50.5 Å². The van der Waals surface area contributed by atoms with Gasteiger partial charge in [-0.05, 0) is 106 Å². The smallest absolute Gasteiger partial charge is 0.235 e. The molecule has 0 spiro atoms. The standard InChI is InChI=1S/C40H50FN7O3/c1-3-35-32(36(46-30-12-18-51-19-13-30)33-25-45-48(4-2)37(33)47-35)24-44-39(50)40(14-15-40)38(49)43-23-28-8-9-34(41)31(22-28)29-7-5-6-27(21-29)20-26-10-16-42-17-11-26/h5-9,21-22,25-26,30,42H,3-4,10-20,23-24H2,1-2H3,(H,43,49)(H,44,50)(H,46,47). The average Bonchev–Trinajstić information content (AvgIpc) is 3.88. The lowest BCUT2D eigenvalue weighted by molar-refractivity contribution is -0.137. The lowest BCUT2D eigenvalue weighted by Gasteiger charge is -2.27. The quantitative estimate of drug-likeness (QED) is 0.133. The van der Waals surface area contributed by atoms with Crippen LogP contribution in [0.15, 0.2) is 48.7 Å². The summed E-state index contributed by atoms with van der Waals surface area (Å²) in [5.74, 6) is -0.248. The molecule has 2 aromatic heterocycles. The molecule has 4 N–H and O–H groups in total. The Morgan fingerprint density at radius 2 is 1.75 bits per heavy atom. The van der Waals surface area contributed by atoms with E-state index in [1.807, 2.05) is 36.0 Å². The molecular formula is C40H50FN7O3. The number of carbonyl (C=O) groups excluding carboxylic acids is 2. The highest BCUT2D eigenvalue weighted by molar-refractivity contribution is 6.08. The number of amides is 2. The minimum absolute atomic E-state index is 0.205. The Morgan fingerprint density at radius 1 is 0.980 bits per heavy atom. The van der Waals surface area contributed by atoms with Crippen molar-refractivity contribution in [3.8, 4) is 11.1 Å². The van der Waals surface area contributed by atoms with Gasteiger partial charge in [0.2, 0.25) is 11.8 Å². The predicted octanol–water partition coefficient (Wildman–Crippen LogP) is 5.67. The lowest BCUT2D eigenvalue weighted by Crippen LogP contribution is -2.42. The first kappa shape index (κ1) is 35.1. The molecule has 270 valence electrons. The van der Waals surface area contributed by atoms with Gasteiger partial charge in [0.1, 0.15) is 11.2 Å². The Morgan fingerprint density at radius 3 is 2.47 bits per heavy atom. The van der Waals surface area contributed by atoms with Gasteiger partial charge in [-0.1, -0.05) is 37.3 Å². The fourth-order valence-electron chi connectivity index (χ4n) is 7.66. The number of nitrogens with zero attached hydrogens (tertiary/aromatic N) is 3. The van der Waals surface area contributed by atoms with Crippen molar-refractivity contribution in [1.82, 2.24) is 30.7 Å². The highest BCUT2D eigenvalue weighted by atomic mass is 19.1. The minimum Gasteiger partial charge on any atom is -0.381 e. The fourth-order valence-corrected chi connectivity index (χ4v) is 7.66. The van der Waals surface area contributed by atoms with Crippen LogP contribution in [0, 0.1) is 17.2 Å². The van der Waals surface area contributed by atoms with Crippen LogP contribution in [0.2, 0.25) is 0 Å². The molecule has 1 aliphatic carbocycles. The fraction of sp³-hybridized carbons (Fsp3) is 0.500. The first-order valence-corrected chi connectivity index (χ1v) is 18.7. The van der Waals surface area contributed by atoms with Gasteiger partial charge in [0, 0.05) is 55.7 Å². The van der Waals surface area contributed by atoms with E-state index in [2.05, 4.69) is 45.4 Å². The van der Waals surface area contributed by atoms with Crippen LogP contribution in [0.5, 0.6) is 0 Å². The van der Waals surface area contributed by atoms with E-state index in [9.17, 15) is 9.59 Å². The number of pyridine rings is 1. The van der Waals surface area contributed by atoms with Crippen molar-refractivity contribution in [2.24, 2.45) is 11.3 Å². The molecule has 11 heteroatoms. The van der Waals surface area contributed by atoms with Crippen LogP contribution in [0.25, 0.3) is 22.2 Å². The monoisotopic (exact) mass is 695 g/mol. The zero-order valence-electron chi connectivity index (χ0n) is 29.8. The number of aromatic nitrogens is 3. The van der Waals surface area contributed by atoms with Crippen molar-refractivity contribution in [2.45, 2.75) is 90.9 Å². The third kappa shape index (κ3) is 7.65. The van der Waals surface area contributed by atoms with E-state index in [4.69, 9.17) is 9.72 Å². The number of aryl methyl sites for hydroxylation is 2. The van der Waals surface area contributed by atoms with Crippen LogP contribution < -0.4 is 21.3 Å². The Kier molecular flexibility index (Phi) is 10.7. The number of nitrogens with one attached hydrogen (secondary N) is 4. The second kappa shape index (κ2) is 15.5. The lowest BCUT2D eigenvalue weighted by atomic mass is 9.89. The summed E-state index contributed by atoms with van der Waals surface area (Å²) in [5, 5.41) is 18.8. The number of anilines is 1. The topological polar surface area (TPSA) is 122 Å². The average molecular weight is 696 g/mol. The van der Waals surface area contributed by atoms with Crippen LogP contribution in [0.1, 0.15) is 74.8 Å². The summed E-state index contributed by atoms with van der Waals surface area (Å²) in [4.78, 5) is 32.3. The molecule has 7 rings (SSSR count). The van der Waals surface area contributed by atoms with E-state index in [-0.39, 0.29) is 36.8 Å². The third-order valence-electron chi connectivity index (χ3n) is 10.9. The number of rotatable bonds is 13. The number of hydrogen-bond donors (Lipinski definition) is 4. The predicted molar refractivity (Wildman–Crippen MR) is 197 cm³/mol. The van der Waals surface area contributed by atoms with Crippen molar-refractivity contribution < 1.29 is 18.7 Å². The second-order valence-electron chi connectivity index (χ2n) is 14.4. The molecule has 2 aromatic carbocycles. The molecule has 1 saturated carbocycles. The summed E-state index contributed by atoms with van der Waals surface area (Å²) in [6.45, 7) is 8.77. The van der Waals surface area contributed by atoms with E-state index >= 15 is 4.39 Å². The van der Waals surface area contributed by atoms with E-state index in [1.54, 1.807) is 6.07 Å². The number of fused-ring (bicyclic) bond motifs is 1. The molecule has 0 bridgehead atoms. The van der Waals surface area contributed by atoms with E-state index in [0.717, 1.165) is 84.3 Å². The van der Waals surface area contributed by atoms with Crippen molar-refractivity contribution in [3.05, 3.63) is 76.9 Å². The zero-order chi connectivity index (χ0) is 35.4. The number of piperidine rings is 1. The van der Waals surface area contributed by atoms with Gasteiger partial charge in [-0.2, -0.15) is 5.10 Å². The Balaban J connectivity index is 1.03. The molecule has 3 aliphatic rings. The molecule has 10 nitrogen and oxygen atoms in total. The summed E-state index contributed by atoms with van der Waals surface area (Å²) in [6, 6.07) is 13.3. The highest BCUT2D eigenvalue weighted by Crippen LogP contribution is 2.46. The molecule has 0 unspecified atom stereocenters. The molecule has 2 amide bonds. The van der Waals surface area contributed by atoms with E-state index in [1.165, 1.54) is 11.6 Å². The summed E-state index contributed by atoms with van der Waals surface area (Å²) < 4.78 is 22.6. The molecule has 4 heterocycles. The molecular weight excluding hydrogens is 645 g/mol. The zero-order valence-corrected chi connectivity index (χ0v) is 29.8. The van der Waals surface area contributed by atoms with Gasteiger partial charge in [0.05, 0.1) is 17.3 Å². The number of ether oxygens (including phenoxy) is 1. The normalized spacial score (nSPS) is 17.7. The van der Waals surface area contributed by atoms with Crippen LogP contribution in [-0.4, -0.2) is 58.9 Å². The van der Waals surface area contributed by atoms with Gasteiger partial charge in [-0.25, -0.2) is 14.1 Å². The summed E-state index contributed by atoms with van der Waals surface area (Å²) in [7, 11) is 0. The van der Waals surface area contributed by atoms with Crippen LogP contribution in [-0.2, 0) is 46.8 Å². The minimum atomic E-state index is -1.11. The summed E-state index contributed by atoms with van der Waals surface area (Å²) in [5.41, 5.74) is 5.81. The molecule has 0 radical (unpaired) electrons. The van der Waals surface area contributed by atoms with Gasteiger partial charge >= 0.3 is 0 Å². The summed E-state index contributed by atoms with van der Waals surface area (Å²) in [6.07, 6.45) is 8.58. The largest absolute Gasteiger partial charge is 0.381 e. The van der Waals surface area contributed by atoms with Gasteiger partial charge in [-0.15, -0.1) is 0 Å².